The molecule has 7 rings (SSSR count). The number of thiol groups is 1. The van der Waals surface area contributed by atoms with Gasteiger partial charge in [0, 0.05) is 0 Å². The molecule has 0 spiro atoms. The molecule has 0 N–H and O–H groups in total. The van der Waals surface area contributed by atoms with E-state index in [1.165, 1.54) is 60.6 Å². The number of benzene rings is 3. The summed E-state index contributed by atoms with van der Waals surface area (Å²) in [5, 5.41) is 2.29. The number of carbonyl (C=O) groups excluding carboxylic acids is 1. The van der Waals surface area contributed by atoms with Crippen molar-refractivity contribution in [3.63, 3.8) is 0 Å². The quantitative estimate of drug-likeness (QED) is 0.145. The molecule has 0 unspecified atom stereocenters. The zero-order valence-electron chi connectivity index (χ0n) is 19.3. The monoisotopic (exact) mass is 570 g/mol. The topological polar surface area (TPSA) is 26.3 Å². The number of hydrogen-bond acceptors (Lipinski definition) is 3. The standard InChI is InChI=1S/C29H31IO2S/c1-30(33)28(31)25-6-5-21-12-22(3-4-23(21)13-25)24-7-8-27(32-2)26(14-24)29-15-18-9-19(16-29)11-20(10-18)17-29/h3-8,12-14,18-20,33H,9-11,15-17H2,1-2H3. The Kier molecular flexibility index (Phi) is 5.52. The van der Waals surface area contributed by atoms with E-state index in [2.05, 4.69) is 52.3 Å². The van der Waals surface area contributed by atoms with Gasteiger partial charge in [-0.05, 0) is 37.0 Å². The van der Waals surface area contributed by atoms with Gasteiger partial charge < -0.3 is 0 Å². The smallest absolute Gasteiger partial charge is 0.0475 e. The minimum absolute atomic E-state index is 0.226. The molecule has 0 saturated heterocycles. The van der Waals surface area contributed by atoms with Crippen molar-refractivity contribution in [2.75, 3.05) is 12.0 Å². The van der Waals surface area contributed by atoms with Crippen molar-refractivity contribution in [1.29, 1.82) is 0 Å². The first-order valence-corrected chi connectivity index (χ1v) is 18.5. The molecule has 0 radical (unpaired) electrons. The number of hydrogen-bond donors (Lipinski definition) is 1. The summed E-state index contributed by atoms with van der Waals surface area (Å²) in [6.07, 6.45) is 8.35. The van der Waals surface area contributed by atoms with Crippen LogP contribution < -0.4 is 4.74 Å². The van der Waals surface area contributed by atoms with Gasteiger partial charge in [-0.25, -0.2) is 0 Å². The molecule has 33 heavy (non-hydrogen) atoms. The second-order valence-electron chi connectivity index (χ2n) is 10.6. The minimum atomic E-state index is -1.80. The molecule has 3 aromatic carbocycles. The number of halogens is 1. The molecular formula is C29H31IO2S. The van der Waals surface area contributed by atoms with Crippen molar-refractivity contribution in [2.24, 2.45) is 17.8 Å². The second-order valence-corrected chi connectivity index (χ2v) is 17.5. The molecule has 4 bridgehead atoms. The Labute approximate surface area is 207 Å². The summed E-state index contributed by atoms with van der Waals surface area (Å²) in [6.45, 7) is 0. The van der Waals surface area contributed by atoms with Gasteiger partial charge in [-0.2, -0.15) is 0 Å². The van der Waals surface area contributed by atoms with E-state index < -0.39 is 18.4 Å². The SMILES string of the molecule is COc1ccc(-c2ccc3cc(C(=O)I(C)S)ccc3c2)cc1C12CC3CC(CC(C3)C1)C2. The van der Waals surface area contributed by atoms with Gasteiger partial charge in [-0.3, -0.25) is 0 Å². The summed E-state index contributed by atoms with van der Waals surface area (Å²) in [5.41, 5.74) is 5.03. The van der Waals surface area contributed by atoms with E-state index in [1.54, 1.807) is 0 Å². The van der Waals surface area contributed by atoms with Gasteiger partial charge >= 0.3 is 165 Å². The Balaban J connectivity index is 1.39. The Bertz CT molecular complexity index is 1210. The average Bonchev–Trinajstić information content (AvgIpc) is 2.81. The van der Waals surface area contributed by atoms with Crippen LogP contribution in [0.4, 0.5) is 0 Å². The van der Waals surface area contributed by atoms with Crippen LogP contribution in [-0.4, -0.2) is 15.8 Å². The molecule has 0 atom stereocenters. The molecule has 0 aliphatic heterocycles. The third-order valence-electron chi connectivity index (χ3n) is 8.46. The van der Waals surface area contributed by atoms with Crippen molar-refractivity contribution < 1.29 is 9.53 Å². The predicted octanol–water partition coefficient (Wildman–Crippen LogP) is 8.10. The first kappa shape index (κ1) is 22.0. The average molecular weight is 571 g/mol. The van der Waals surface area contributed by atoms with Gasteiger partial charge in [0.2, 0.25) is 0 Å². The number of rotatable bonds is 5. The van der Waals surface area contributed by atoms with Crippen LogP contribution in [-0.2, 0) is 5.41 Å². The van der Waals surface area contributed by atoms with E-state index in [4.69, 9.17) is 4.74 Å². The van der Waals surface area contributed by atoms with Crippen molar-refractivity contribution in [2.45, 2.75) is 43.9 Å². The number of alkyl halides is 1. The van der Waals surface area contributed by atoms with Crippen LogP contribution in [0.15, 0.2) is 54.6 Å². The van der Waals surface area contributed by atoms with Gasteiger partial charge in [0.05, 0.1) is 7.11 Å². The Morgan fingerprint density at radius 1 is 0.879 bits per heavy atom. The van der Waals surface area contributed by atoms with Gasteiger partial charge in [-0.15, -0.1) is 0 Å². The molecule has 0 aromatic heterocycles. The van der Waals surface area contributed by atoms with Gasteiger partial charge in [-0.1, -0.05) is 0 Å². The second kappa shape index (κ2) is 8.30. The van der Waals surface area contributed by atoms with E-state index in [0.717, 1.165) is 34.5 Å². The summed E-state index contributed by atoms with van der Waals surface area (Å²) in [5.74, 6) is 3.79. The van der Waals surface area contributed by atoms with Crippen LogP contribution >= 0.6 is 28.2 Å². The van der Waals surface area contributed by atoms with Crippen molar-refractivity contribution in [1.82, 2.24) is 0 Å². The zero-order valence-corrected chi connectivity index (χ0v) is 22.4. The van der Waals surface area contributed by atoms with Crippen LogP contribution in [0.1, 0.15) is 54.4 Å². The Morgan fingerprint density at radius 2 is 1.45 bits per heavy atom. The van der Waals surface area contributed by atoms with Crippen LogP contribution in [0.3, 0.4) is 0 Å². The van der Waals surface area contributed by atoms with Gasteiger partial charge in [0.15, 0.2) is 0 Å². The Morgan fingerprint density at radius 3 is 2.09 bits per heavy atom. The molecule has 4 heteroatoms. The molecule has 4 aliphatic rings. The number of fused-ring (bicyclic) bond motifs is 1. The molecule has 3 aromatic rings. The maximum absolute atomic E-state index is 12.4. The summed E-state index contributed by atoms with van der Waals surface area (Å²) < 4.78 is 6.14. The van der Waals surface area contributed by atoms with Crippen molar-refractivity contribution >= 4 is 42.8 Å². The van der Waals surface area contributed by atoms with Crippen LogP contribution in [0, 0.1) is 17.8 Å². The van der Waals surface area contributed by atoms with Crippen molar-refractivity contribution in [3.8, 4) is 16.9 Å². The number of carbonyl (C=O) groups is 1. The maximum atomic E-state index is 12.4. The normalized spacial score (nSPS) is 28.2. The predicted molar refractivity (Wildman–Crippen MR) is 149 cm³/mol. The van der Waals surface area contributed by atoms with Gasteiger partial charge in [0.25, 0.3) is 0 Å². The minimum Gasteiger partial charge on any atom is -0.0475 e. The molecule has 0 amide bonds. The van der Waals surface area contributed by atoms with Crippen LogP contribution in [0.2, 0.25) is 0 Å². The van der Waals surface area contributed by atoms with E-state index in [-0.39, 0.29) is 3.79 Å². The number of methoxy groups -OCH3 is 1. The van der Waals surface area contributed by atoms with Crippen LogP contribution in [0.25, 0.3) is 21.9 Å². The van der Waals surface area contributed by atoms with E-state index >= 15 is 0 Å². The molecule has 172 valence electrons. The summed E-state index contributed by atoms with van der Waals surface area (Å²) in [7, 11) is 6.28. The summed E-state index contributed by atoms with van der Waals surface area (Å²) >= 11 is -1.80. The molecule has 4 saturated carbocycles. The zero-order chi connectivity index (χ0) is 22.7. The van der Waals surface area contributed by atoms with Crippen LogP contribution in [0.5, 0.6) is 5.75 Å². The number of ether oxygens (including phenoxy) is 1. The van der Waals surface area contributed by atoms with Crippen molar-refractivity contribution in [3.05, 3.63) is 65.7 Å². The Hall–Kier alpha value is -1.53. The first-order chi connectivity index (χ1) is 15.9. The fourth-order valence-electron chi connectivity index (χ4n) is 7.45. The third kappa shape index (κ3) is 3.81. The first-order valence-electron chi connectivity index (χ1n) is 12.0. The summed E-state index contributed by atoms with van der Waals surface area (Å²) in [6, 6.07) is 19.5. The molecule has 0 heterocycles. The summed E-state index contributed by atoms with van der Waals surface area (Å²) in [4.78, 5) is 14.4. The van der Waals surface area contributed by atoms with E-state index in [1.807, 2.05) is 24.2 Å². The third-order valence-corrected chi connectivity index (χ3v) is 11.5. The molecule has 4 fully saturated rings. The molecular weight excluding hydrogens is 539 g/mol. The van der Waals surface area contributed by atoms with E-state index in [9.17, 15) is 4.79 Å². The van der Waals surface area contributed by atoms with E-state index in [0.29, 0.717) is 5.41 Å². The van der Waals surface area contributed by atoms with Gasteiger partial charge in [0.1, 0.15) is 0 Å². The molecule has 4 aliphatic carbocycles. The molecule has 2 nitrogen and oxygen atoms in total. The fourth-order valence-corrected chi connectivity index (χ4v) is 9.34. The fraction of sp³-hybridized carbons (Fsp3) is 0.414.